The normalized spacial score (nSPS) is 14.9. The molecule has 0 saturated heterocycles. The number of benzene rings is 1. The van der Waals surface area contributed by atoms with E-state index in [0.29, 0.717) is 6.92 Å². The molecule has 0 radical (unpaired) electrons. The number of anilines is 2. The molecule has 0 aliphatic carbocycles. The van der Waals surface area contributed by atoms with Crippen LogP contribution in [0.5, 0.6) is 0 Å². The molecule has 0 unspecified atom stereocenters. The first-order valence-electron chi connectivity index (χ1n) is 7.53. The number of halogens is 13. The van der Waals surface area contributed by atoms with Gasteiger partial charge in [0.05, 0.1) is 5.56 Å². The van der Waals surface area contributed by atoms with Crippen LogP contribution in [0.3, 0.4) is 0 Å². The summed E-state index contributed by atoms with van der Waals surface area (Å²) in [6.45, 7) is 2.64. The van der Waals surface area contributed by atoms with Crippen LogP contribution in [-0.4, -0.2) is 29.9 Å². The third kappa shape index (κ3) is 3.02. The van der Waals surface area contributed by atoms with E-state index in [1.165, 1.54) is 0 Å². The zero-order chi connectivity index (χ0) is 24.5. The summed E-state index contributed by atoms with van der Waals surface area (Å²) in [4.78, 5) is 0. The van der Waals surface area contributed by atoms with Crippen molar-refractivity contribution in [3.05, 3.63) is 22.3 Å². The standard InChI is InChI=1S/C15H13F13N2/c1-4-5(2)9(30)7(6(3)8(4)29)10(16,17)11(18,19)12(20,21)13(22,23)14(24,25)15(26,27)28/h29-30H2,1-3H3. The molecule has 0 amide bonds. The Bertz CT molecular complexity index is 811. The summed E-state index contributed by atoms with van der Waals surface area (Å²) >= 11 is 0. The van der Waals surface area contributed by atoms with E-state index in [2.05, 4.69) is 0 Å². The molecule has 0 saturated carbocycles. The summed E-state index contributed by atoms with van der Waals surface area (Å²) in [7, 11) is 0. The van der Waals surface area contributed by atoms with E-state index in [4.69, 9.17) is 11.5 Å². The van der Waals surface area contributed by atoms with Gasteiger partial charge < -0.3 is 11.5 Å². The number of nitrogen functional groups attached to an aromatic ring is 2. The highest BCUT2D eigenvalue weighted by atomic mass is 19.4. The van der Waals surface area contributed by atoms with Crippen LogP contribution < -0.4 is 11.5 Å². The zero-order valence-electron chi connectivity index (χ0n) is 15.1. The predicted molar refractivity (Wildman–Crippen MR) is 79.2 cm³/mol. The third-order valence-electron chi connectivity index (χ3n) is 4.67. The Morgan fingerprint density at radius 1 is 0.467 bits per heavy atom. The fraction of sp³-hybridized carbons (Fsp3) is 0.600. The summed E-state index contributed by atoms with van der Waals surface area (Å²) < 4.78 is 173. The molecule has 1 aromatic carbocycles. The van der Waals surface area contributed by atoms with Crippen molar-refractivity contribution in [1.29, 1.82) is 0 Å². The molecule has 174 valence electrons. The van der Waals surface area contributed by atoms with E-state index in [-0.39, 0.29) is 5.56 Å². The number of alkyl halides is 13. The minimum absolute atomic E-state index is 0.0754. The van der Waals surface area contributed by atoms with Crippen molar-refractivity contribution in [3.8, 4) is 0 Å². The number of hydrogen-bond donors (Lipinski definition) is 2. The average Bonchev–Trinajstić information content (AvgIpc) is 2.56. The molecule has 4 N–H and O–H groups in total. The Kier molecular flexibility index (Phi) is 5.80. The second kappa shape index (κ2) is 6.70. The minimum Gasteiger partial charge on any atom is -0.398 e. The Labute approximate surface area is 160 Å². The van der Waals surface area contributed by atoms with Crippen molar-refractivity contribution in [3.63, 3.8) is 0 Å². The van der Waals surface area contributed by atoms with E-state index in [9.17, 15) is 57.1 Å². The van der Waals surface area contributed by atoms with Crippen LogP contribution in [0.4, 0.5) is 68.5 Å². The van der Waals surface area contributed by atoms with Crippen LogP contribution in [-0.2, 0) is 5.92 Å². The summed E-state index contributed by atoms with van der Waals surface area (Å²) in [5.41, 5.74) is 4.76. The lowest BCUT2D eigenvalue weighted by atomic mass is 9.85. The fourth-order valence-corrected chi connectivity index (χ4v) is 2.54. The predicted octanol–water partition coefficient (Wildman–Crippen LogP) is 5.97. The monoisotopic (exact) mass is 468 g/mol. The van der Waals surface area contributed by atoms with Crippen LogP contribution in [0.15, 0.2) is 0 Å². The molecule has 2 nitrogen and oxygen atoms in total. The van der Waals surface area contributed by atoms with Crippen LogP contribution in [0.2, 0.25) is 0 Å². The fourth-order valence-electron chi connectivity index (χ4n) is 2.54. The summed E-state index contributed by atoms with van der Waals surface area (Å²) in [5, 5.41) is 0. The molecule has 0 spiro atoms. The highest BCUT2D eigenvalue weighted by Gasteiger charge is 2.91. The Morgan fingerprint density at radius 2 is 0.800 bits per heavy atom. The third-order valence-corrected chi connectivity index (χ3v) is 4.67. The van der Waals surface area contributed by atoms with Crippen molar-refractivity contribution in [1.82, 2.24) is 0 Å². The second-order valence-electron chi connectivity index (χ2n) is 6.45. The van der Waals surface area contributed by atoms with Gasteiger partial charge in [-0.25, -0.2) is 0 Å². The lowest BCUT2D eigenvalue weighted by Crippen LogP contribution is -2.69. The van der Waals surface area contributed by atoms with E-state index in [0.717, 1.165) is 13.8 Å². The van der Waals surface area contributed by atoms with Crippen LogP contribution >= 0.6 is 0 Å². The van der Waals surface area contributed by atoms with Gasteiger partial charge in [0.2, 0.25) is 0 Å². The van der Waals surface area contributed by atoms with Crippen molar-refractivity contribution >= 4 is 11.4 Å². The molecular weight excluding hydrogens is 455 g/mol. The van der Waals surface area contributed by atoms with Crippen molar-refractivity contribution < 1.29 is 57.1 Å². The molecule has 0 atom stereocenters. The first-order valence-corrected chi connectivity index (χ1v) is 7.53. The van der Waals surface area contributed by atoms with Gasteiger partial charge in [-0.05, 0) is 37.5 Å². The van der Waals surface area contributed by atoms with Gasteiger partial charge in [0, 0.05) is 11.4 Å². The smallest absolute Gasteiger partial charge is 0.398 e. The maximum Gasteiger partial charge on any atom is 0.460 e. The van der Waals surface area contributed by atoms with Crippen LogP contribution in [0.25, 0.3) is 0 Å². The highest BCUT2D eigenvalue weighted by molar-refractivity contribution is 5.71. The van der Waals surface area contributed by atoms with Crippen LogP contribution in [0.1, 0.15) is 22.3 Å². The summed E-state index contributed by atoms with van der Waals surface area (Å²) in [6.07, 6.45) is -7.47. The Hall–Kier alpha value is -2.09. The van der Waals surface area contributed by atoms with Crippen molar-refractivity contribution in [2.24, 2.45) is 0 Å². The topological polar surface area (TPSA) is 52.0 Å². The molecule has 0 aromatic heterocycles. The zero-order valence-corrected chi connectivity index (χ0v) is 15.1. The average molecular weight is 468 g/mol. The highest BCUT2D eigenvalue weighted by Crippen LogP contribution is 2.63. The molecule has 0 aliphatic heterocycles. The van der Waals surface area contributed by atoms with Gasteiger partial charge in [-0.15, -0.1) is 0 Å². The largest absolute Gasteiger partial charge is 0.460 e. The maximum absolute atomic E-state index is 14.4. The number of hydrogen-bond acceptors (Lipinski definition) is 2. The first-order chi connectivity index (χ1) is 12.9. The minimum atomic E-state index is -7.97. The van der Waals surface area contributed by atoms with Gasteiger partial charge in [-0.2, -0.15) is 57.1 Å². The molecule has 30 heavy (non-hydrogen) atoms. The molecule has 0 aliphatic rings. The van der Waals surface area contributed by atoms with Gasteiger partial charge in [-0.1, -0.05) is 0 Å². The lowest BCUT2D eigenvalue weighted by Gasteiger charge is -2.40. The number of rotatable bonds is 5. The second-order valence-corrected chi connectivity index (χ2v) is 6.45. The van der Waals surface area contributed by atoms with E-state index in [1.54, 1.807) is 0 Å². The molecular formula is C15H13F13N2. The molecule has 1 rings (SSSR count). The Balaban J connectivity index is 3.87. The van der Waals surface area contributed by atoms with E-state index in [1.807, 2.05) is 0 Å². The lowest BCUT2D eigenvalue weighted by molar-refractivity contribution is -0.441. The van der Waals surface area contributed by atoms with E-state index >= 15 is 0 Å². The summed E-state index contributed by atoms with van der Waals surface area (Å²) in [5.74, 6) is -37.6. The molecule has 0 fully saturated rings. The first kappa shape index (κ1) is 25.9. The molecule has 15 heteroatoms. The SMILES string of the molecule is Cc1c(C)c(N)c(C(F)(F)C(F)(F)C(F)(F)C(F)(F)C(F)(F)C(F)(F)F)c(C)c1N. The van der Waals surface area contributed by atoms with Gasteiger partial charge in [-0.3, -0.25) is 0 Å². The van der Waals surface area contributed by atoms with E-state index < -0.39 is 63.9 Å². The van der Waals surface area contributed by atoms with Gasteiger partial charge in [0.1, 0.15) is 0 Å². The van der Waals surface area contributed by atoms with Crippen molar-refractivity contribution in [2.45, 2.75) is 56.6 Å². The molecule has 0 bridgehead atoms. The Morgan fingerprint density at radius 3 is 1.17 bits per heavy atom. The summed E-state index contributed by atoms with van der Waals surface area (Å²) in [6, 6.07) is 0. The van der Waals surface area contributed by atoms with Gasteiger partial charge in [0.25, 0.3) is 0 Å². The number of nitrogens with two attached hydrogens (primary N) is 2. The van der Waals surface area contributed by atoms with Gasteiger partial charge in [0.15, 0.2) is 0 Å². The maximum atomic E-state index is 14.4. The van der Waals surface area contributed by atoms with Gasteiger partial charge >= 0.3 is 35.8 Å². The molecule has 1 aromatic rings. The quantitative estimate of drug-likeness (QED) is 0.413. The van der Waals surface area contributed by atoms with Crippen LogP contribution in [0, 0.1) is 20.8 Å². The van der Waals surface area contributed by atoms with Crippen molar-refractivity contribution in [2.75, 3.05) is 11.5 Å². The molecule has 0 heterocycles.